The fourth-order valence-corrected chi connectivity index (χ4v) is 2.85. The van der Waals surface area contributed by atoms with Crippen molar-refractivity contribution in [1.82, 2.24) is 9.80 Å². The van der Waals surface area contributed by atoms with Gasteiger partial charge in [0.1, 0.15) is 0 Å². The molecule has 2 rings (SSSR count). The number of rotatable bonds is 3. The molecule has 0 bridgehead atoms. The van der Waals surface area contributed by atoms with Crippen molar-refractivity contribution in [2.45, 2.75) is 33.2 Å². The first-order valence-electron chi connectivity index (χ1n) is 7.50. The summed E-state index contributed by atoms with van der Waals surface area (Å²) in [5.41, 5.74) is 3.28. The lowest BCUT2D eigenvalue weighted by Gasteiger charge is -2.27. The molecule has 1 aliphatic rings. The van der Waals surface area contributed by atoms with E-state index in [4.69, 9.17) is 0 Å². The maximum Gasteiger partial charge on any atom is 0.176 e. The zero-order valence-electron chi connectivity index (χ0n) is 13.1. The lowest BCUT2D eigenvalue weighted by atomic mass is 10.0. The normalized spacial score (nSPS) is 21.7. The maximum absolute atomic E-state index is 12.5. The van der Waals surface area contributed by atoms with Gasteiger partial charge in [0.25, 0.3) is 0 Å². The smallest absolute Gasteiger partial charge is 0.176 e. The van der Waals surface area contributed by atoms with Crippen LogP contribution < -0.4 is 0 Å². The summed E-state index contributed by atoms with van der Waals surface area (Å²) in [6.07, 6.45) is 1.14. The van der Waals surface area contributed by atoms with Crippen molar-refractivity contribution in [2.75, 3.05) is 33.2 Å². The molecule has 3 heteroatoms. The van der Waals surface area contributed by atoms with Crippen molar-refractivity contribution in [2.24, 2.45) is 0 Å². The Hall–Kier alpha value is -1.19. The van der Waals surface area contributed by atoms with Gasteiger partial charge in [-0.2, -0.15) is 0 Å². The molecule has 0 N–H and O–H groups in total. The van der Waals surface area contributed by atoms with Gasteiger partial charge in [-0.15, -0.1) is 0 Å². The Labute approximate surface area is 122 Å². The van der Waals surface area contributed by atoms with Crippen LogP contribution >= 0.6 is 0 Å². The minimum atomic E-state index is 0.240. The van der Waals surface area contributed by atoms with Gasteiger partial charge in [0, 0.05) is 24.7 Å². The zero-order chi connectivity index (χ0) is 14.7. The van der Waals surface area contributed by atoms with E-state index in [9.17, 15) is 4.79 Å². The van der Waals surface area contributed by atoms with Gasteiger partial charge in [-0.05, 0) is 58.0 Å². The average Bonchev–Trinajstić information content (AvgIpc) is 2.54. The molecule has 3 nitrogen and oxygen atoms in total. The molecular formula is C17H26N2O. The number of hydrogen-bond acceptors (Lipinski definition) is 3. The molecule has 110 valence electrons. The summed E-state index contributed by atoms with van der Waals surface area (Å²) in [4.78, 5) is 17.1. The number of carbonyl (C=O) groups is 1. The molecule has 1 fully saturated rings. The van der Waals surface area contributed by atoms with Crippen LogP contribution in [0, 0.1) is 13.8 Å². The molecule has 0 spiro atoms. The van der Waals surface area contributed by atoms with Crippen molar-refractivity contribution in [1.29, 1.82) is 0 Å². The van der Waals surface area contributed by atoms with Crippen LogP contribution in [0.15, 0.2) is 18.2 Å². The molecule has 1 atom stereocenters. The van der Waals surface area contributed by atoms with Gasteiger partial charge in [0.15, 0.2) is 5.78 Å². The van der Waals surface area contributed by atoms with E-state index in [0.717, 1.165) is 31.6 Å². The molecule has 20 heavy (non-hydrogen) atoms. The van der Waals surface area contributed by atoms with Crippen molar-refractivity contribution in [3.8, 4) is 0 Å². The zero-order valence-corrected chi connectivity index (χ0v) is 13.1. The molecule has 0 amide bonds. The van der Waals surface area contributed by atoms with E-state index in [-0.39, 0.29) is 5.78 Å². The number of likely N-dealkylation sites (N-methyl/N-ethyl adjacent to an activating group) is 1. The standard InChI is InChI=1S/C17H26N2O/c1-13-6-7-16(10-14(13)2)17(20)12-19-9-5-8-18(4)11-15(19)3/h6-7,10,15H,5,8-9,11-12H2,1-4H3. The lowest BCUT2D eigenvalue weighted by Crippen LogP contribution is -2.40. The molecule has 1 aromatic rings. The molecule has 1 heterocycles. The third kappa shape index (κ3) is 3.68. The van der Waals surface area contributed by atoms with Crippen LogP contribution in [-0.4, -0.2) is 54.9 Å². The number of hydrogen-bond donors (Lipinski definition) is 0. The quantitative estimate of drug-likeness (QED) is 0.791. The highest BCUT2D eigenvalue weighted by Crippen LogP contribution is 2.13. The number of carbonyl (C=O) groups excluding carboxylic acids is 1. The monoisotopic (exact) mass is 274 g/mol. The highest BCUT2D eigenvalue weighted by atomic mass is 16.1. The van der Waals surface area contributed by atoms with Crippen molar-refractivity contribution in [3.05, 3.63) is 34.9 Å². The SMILES string of the molecule is Cc1ccc(C(=O)CN2CCCN(C)CC2C)cc1C. The predicted molar refractivity (Wildman–Crippen MR) is 83.4 cm³/mol. The Morgan fingerprint density at radius 2 is 2.00 bits per heavy atom. The summed E-state index contributed by atoms with van der Waals surface area (Å²) in [6.45, 7) is 10.1. The average molecular weight is 274 g/mol. The van der Waals surface area contributed by atoms with Gasteiger partial charge in [-0.3, -0.25) is 9.69 Å². The summed E-state index contributed by atoms with van der Waals surface area (Å²) in [6, 6.07) is 6.46. The summed E-state index contributed by atoms with van der Waals surface area (Å²) in [5.74, 6) is 0.240. The number of ketones is 1. The Balaban J connectivity index is 2.04. The molecule has 1 aromatic carbocycles. The minimum Gasteiger partial charge on any atom is -0.305 e. The number of benzene rings is 1. The van der Waals surface area contributed by atoms with Crippen molar-refractivity contribution >= 4 is 5.78 Å². The van der Waals surface area contributed by atoms with Crippen LogP contribution in [-0.2, 0) is 0 Å². The Morgan fingerprint density at radius 3 is 2.70 bits per heavy atom. The molecule has 0 aliphatic carbocycles. The minimum absolute atomic E-state index is 0.240. The molecule has 1 unspecified atom stereocenters. The second kappa shape index (κ2) is 6.51. The first-order chi connectivity index (χ1) is 9.47. The number of Topliss-reactive ketones (excluding diaryl/α,β-unsaturated/α-hetero) is 1. The van der Waals surface area contributed by atoms with E-state index in [2.05, 4.69) is 37.6 Å². The molecular weight excluding hydrogens is 248 g/mol. The van der Waals surface area contributed by atoms with Crippen LogP contribution in [0.2, 0.25) is 0 Å². The van der Waals surface area contributed by atoms with Gasteiger partial charge in [-0.1, -0.05) is 12.1 Å². The Bertz CT molecular complexity index is 484. The summed E-state index contributed by atoms with van der Waals surface area (Å²) in [5, 5.41) is 0. The van der Waals surface area contributed by atoms with E-state index >= 15 is 0 Å². The van der Waals surface area contributed by atoms with Crippen LogP contribution in [0.5, 0.6) is 0 Å². The van der Waals surface area contributed by atoms with E-state index < -0.39 is 0 Å². The number of aryl methyl sites for hydroxylation is 2. The van der Waals surface area contributed by atoms with Crippen LogP contribution in [0.25, 0.3) is 0 Å². The molecule has 0 saturated carbocycles. The maximum atomic E-state index is 12.5. The highest BCUT2D eigenvalue weighted by molar-refractivity contribution is 5.97. The third-order valence-corrected chi connectivity index (χ3v) is 4.36. The van der Waals surface area contributed by atoms with Crippen molar-refractivity contribution in [3.63, 3.8) is 0 Å². The Morgan fingerprint density at radius 1 is 1.25 bits per heavy atom. The molecule has 1 aliphatic heterocycles. The van der Waals surface area contributed by atoms with Crippen LogP contribution in [0.3, 0.4) is 0 Å². The summed E-state index contributed by atoms with van der Waals surface area (Å²) < 4.78 is 0. The largest absolute Gasteiger partial charge is 0.305 e. The molecule has 0 aromatic heterocycles. The summed E-state index contributed by atoms with van der Waals surface area (Å²) in [7, 11) is 2.16. The van der Waals surface area contributed by atoms with Gasteiger partial charge in [0.2, 0.25) is 0 Å². The van der Waals surface area contributed by atoms with Gasteiger partial charge in [0.05, 0.1) is 6.54 Å². The second-order valence-corrected chi connectivity index (χ2v) is 6.16. The predicted octanol–water partition coefficient (Wildman–Crippen LogP) is 2.51. The van der Waals surface area contributed by atoms with E-state index in [1.54, 1.807) is 0 Å². The van der Waals surface area contributed by atoms with E-state index in [1.165, 1.54) is 11.1 Å². The van der Waals surface area contributed by atoms with Gasteiger partial charge in [-0.25, -0.2) is 0 Å². The van der Waals surface area contributed by atoms with Crippen molar-refractivity contribution < 1.29 is 4.79 Å². The third-order valence-electron chi connectivity index (χ3n) is 4.36. The second-order valence-electron chi connectivity index (χ2n) is 6.16. The van der Waals surface area contributed by atoms with Crippen LogP contribution in [0.1, 0.15) is 34.8 Å². The first-order valence-corrected chi connectivity index (χ1v) is 7.50. The topological polar surface area (TPSA) is 23.6 Å². The van der Waals surface area contributed by atoms with E-state index in [0.29, 0.717) is 12.6 Å². The lowest BCUT2D eigenvalue weighted by molar-refractivity contribution is 0.0900. The van der Waals surface area contributed by atoms with Gasteiger partial charge >= 0.3 is 0 Å². The Kier molecular flexibility index (Phi) is 4.95. The summed E-state index contributed by atoms with van der Waals surface area (Å²) >= 11 is 0. The van der Waals surface area contributed by atoms with E-state index in [1.807, 2.05) is 18.2 Å². The molecule has 1 saturated heterocycles. The number of nitrogens with zero attached hydrogens (tertiary/aromatic N) is 2. The fraction of sp³-hybridized carbons (Fsp3) is 0.588. The van der Waals surface area contributed by atoms with Gasteiger partial charge < -0.3 is 4.90 Å². The molecule has 0 radical (unpaired) electrons. The first kappa shape index (κ1) is 15.2. The fourth-order valence-electron chi connectivity index (χ4n) is 2.85. The van der Waals surface area contributed by atoms with Crippen LogP contribution in [0.4, 0.5) is 0 Å². The highest BCUT2D eigenvalue weighted by Gasteiger charge is 2.22.